The number of benzene rings is 1. The maximum Gasteiger partial charge on any atom is 0.405 e. The predicted molar refractivity (Wildman–Crippen MR) is 98.0 cm³/mol. The molecule has 2 rings (SSSR count). The highest BCUT2D eigenvalue weighted by atomic mass is 32.2. The van der Waals surface area contributed by atoms with E-state index in [4.69, 9.17) is 0 Å². The summed E-state index contributed by atoms with van der Waals surface area (Å²) in [5.74, 6) is -0.903. The zero-order chi connectivity index (χ0) is 20.1. The van der Waals surface area contributed by atoms with Crippen molar-refractivity contribution in [1.29, 1.82) is 0 Å². The minimum absolute atomic E-state index is 0.0333. The summed E-state index contributed by atoms with van der Waals surface area (Å²) in [6.07, 6.45) is -2.79. The summed E-state index contributed by atoms with van der Waals surface area (Å²) in [7, 11) is -3.39. The van der Waals surface area contributed by atoms with Gasteiger partial charge >= 0.3 is 6.18 Å². The topological polar surface area (TPSA) is 78.5 Å². The lowest BCUT2D eigenvalue weighted by molar-refractivity contribution is -0.120. The molecule has 0 saturated carbocycles. The number of anilines is 2. The highest BCUT2D eigenvalue weighted by Gasteiger charge is 2.32. The third-order valence-corrected chi connectivity index (χ3v) is 6.32. The van der Waals surface area contributed by atoms with Gasteiger partial charge in [0.15, 0.2) is 0 Å². The number of carbonyl (C=O) groups is 1. The van der Waals surface area contributed by atoms with Crippen molar-refractivity contribution in [2.75, 3.05) is 36.0 Å². The maximum absolute atomic E-state index is 12.6. The van der Waals surface area contributed by atoms with E-state index in [-0.39, 0.29) is 23.7 Å². The second-order valence-corrected chi connectivity index (χ2v) is 8.61. The molecule has 0 aliphatic carbocycles. The monoisotopic (exact) mass is 407 g/mol. The highest BCUT2D eigenvalue weighted by molar-refractivity contribution is 7.89. The largest absolute Gasteiger partial charge is 0.405 e. The normalized spacial score (nSPS) is 18.9. The first-order chi connectivity index (χ1) is 12.6. The van der Waals surface area contributed by atoms with Gasteiger partial charge in [0.2, 0.25) is 15.9 Å². The Kier molecular flexibility index (Phi) is 7.10. The molecule has 152 valence electrons. The number of alkyl halides is 3. The Morgan fingerprint density at radius 1 is 1.26 bits per heavy atom. The molecule has 1 aromatic carbocycles. The molecule has 1 fully saturated rings. The zero-order valence-corrected chi connectivity index (χ0v) is 15.9. The van der Waals surface area contributed by atoms with Crippen molar-refractivity contribution in [3.63, 3.8) is 0 Å². The molecule has 1 aliphatic rings. The van der Waals surface area contributed by atoms with Gasteiger partial charge in [-0.2, -0.15) is 13.2 Å². The molecule has 0 spiro atoms. The van der Waals surface area contributed by atoms with Crippen LogP contribution in [0.3, 0.4) is 0 Å². The first-order valence-electron chi connectivity index (χ1n) is 8.80. The van der Waals surface area contributed by atoms with E-state index in [0.29, 0.717) is 25.8 Å². The van der Waals surface area contributed by atoms with Crippen LogP contribution >= 0.6 is 0 Å². The van der Waals surface area contributed by atoms with Gasteiger partial charge in [-0.1, -0.05) is 19.1 Å². The molecule has 1 aromatic rings. The Bertz CT molecular complexity index is 753. The third-order valence-electron chi connectivity index (χ3n) is 4.27. The van der Waals surface area contributed by atoms with Gasteiger partial charge in [-0.3, -0.25) is 4.79 Å². The van der Waals surface area contributed by atoms with E-state index in [1.54, 1.807) is 19.1 Å². The van der Waals surface area contributed by atoms with Gasteiger partial charge in [-0.15, -0.1) is 0 Å². The van der Waals surface area contributed by atoms with E-state index >= 15 is 0 Å². The Balaban J connectivity index is 2.05. The van der Waals surface area contributed by atoms with Crippen LogP contribution in [0.4, 0.5) is 24.5 Å². The van der Waals surface area contributed by atoms with Gasteiger partial charge in [0.05, 0.1) is 23.0 Å². The van der Waals surface area contributed by atoms with Crippen LogP contribution in [0.25, 0.3) is 0 Å². The number of carbonyl (C=O) groups excluding carboxylic acids is 1. The Morgan fingerprint density at radius 3 is 2.56 bits per heavy atom. The van der Waals surface area contributed by atoms with Gasteiger partial charge in [0, 0.05) is 13.1 Å². The molecule has 2 N–H and O–H groups in total. The van der Waals surface area contributed by atoms with Crippen LogP contribution in [0.15, 0.2) is 24.3 Å². The summed E-state index contributed by atoms with van der Waals surface area (Å²) in [6.45, 7) is 1.03. The number of para-hydroxylation sites is 2. The lowest BCUT2D eigenvalue weighted by atomic mass is 9.98. The Morgan fingerprint density at radius 2 is 1.93 bits per heavy atom. The number of nitrogens with one attached hydrogen (secondary N) is 2. The fraction of sp³-hybridized carbons (Fsp3) is 0.588. The van der Waals surface area contributed by atoms with Gasteiger partial charge < -0.3 is 10.6 Å². The molecular weight excluding hydrogens is 383 g/mol. The average molecular weight is 407 g/mol. The van der Waals surface area contributed by atoms with E-state index in [2.05, 4.69) is 10.6 Å². The van der Waals surface area contributed by atoms with Crippen molar-refractivity contribution in [2.24, 2.45) is 5.92 Å². The van der Waals surface area contributed by atoms with Gasteiger partial charge in [0.25, 0.3) is 0 Å². The molecule has 0 aromatic heterocycles. The summed E-state index contributed by atoms with van der Waals surface area (Å²) in [5, 5.41) is 4.90. The molecule has 10 heteroatoms. The smallest absolute Gasteiger partial charge is 0.375 e. The average Bonchev–Trinajstić information content (AvgIpc) is 2.60. The quantitative estimate of drug-likeness (QED) is 0.728. The molecule has 1 amide bonds. The van der Waals surface area contributed by atoms with Crippen molar-refractivity contribution < 1.29 is 26.4 Å². The third kappa shape index (κ3) is 6.39. The highest BCUT2D eigenvalue weighted by Crippen LogP contribution is 2.26. The van der Waals surface area contributed by atoms with Crippen LogP contribution in [0.2, 0.25) is 0 Å². The zero-order valence-electron chi connectivity index (χ0n) is 15.1. The second kappa shape index (κ2) is 8.92. The number of hydrogen-bond acceptors (Lipinski definition) is 4. The maximum atomic E-state index is 12.6. The van der Waals surface area contributed by atoms with E-state index in [9.17, 15) is 26.4 Å². The van der Waals surface area contributed by atoms with Crippen molar-refractivity contribution in [3.8, 4) is 0 Å². The molecule has 1 heterocycles. The van der Waals surface area contributed by atoms with E-state index in [0.717, 1.165) is 0 Å². The molecule has 1 saturated heterocycles. The summed E-state index contributed by atoms with van der Waals surface area (Å²) < 4.78 is 63.1. The number of nitrogens with zero attached hydrogens (tertiary/aromatic N) is 1. The van der Waals surface area contributed by atoms with Gasteiger partial charge in [0.1, 0.15) is 6.54 Å². The summed E-state index contributed by atoms with van der Waals surface area (Å²) in [6, 6.07) is 6.12. The molecule has 1 unspecified atom stereocenters. The second-order valence-electron chi connectivity index (χ2n) is 6.52. The van der Waals surface area contributed by atoms with Crippen LogP contribution in [0, 0.1) is 5.92 Å². The van der Waals surface area contributed by atoms with Crippen LogP contribution in [-0.4, -0.2) is 50.2 Å². The predicted octanol–water partition coefficient (Wildman–Crippen LogP) is 3.05. The number of rotatable bonds is 7. The number of amides is 1. The summed E-state index contributed by atoms with van der Waals surface area (Å²) in [4.78, 5) is 12.6. The first kappa shape index (κ1) is 21.5. The summed E-state index contributed by atoms with van der Waals surface area (Å²) in [5.41, 5.74) is 0.398. The minimum atomic E-state index is -4.38. The molecule has 6 nitrogen and oxygen atoms in total. The van der Waals surface area contributed by atoms with Crippen LogP contribution < -0.4 is 10.6 Å². The van der Waals surface area contributed by atoms with Crippen molar-refractivity contribution in [1.82, 2.24) is 4.31 Å². The number of halogens is 3. The van der Waals surface area contributed by atoms with Crippen LogP contribution in [-0.2, 0) is 14.8 Å². The fourth-order valence-corrected chi connectivity index (χ4v) is 4.56. The minimum Gasteiger partial charge on any atom is -0.375 e. The Hall–Kier alpha value is -1.81. The van der Waals surface area contributed by atoms with E-state index < -0.39 is 34.6 Å². The van der Waals surface area contributed by atoms with Crippen molar-refractivity contribution in [3.05, 3.63) is 24.3 Å². The van der Waals surface area contributed by atoms with Crippen LogP contribution in [0.1, 0.15) is 26.2 Å². The van der Waals surface area contributed by atoms with E-state index in [1.165, 1.54) is 16.4 Å². The lowest BCUT2D eigenvalue weighted by Gasteiger charge is -2.31. The fourth-order valence-electron chi connectivity index (χ4n) is 2.97. The van der Waals surface area contributed by atoms with Crippen LogP contribution in [0.5, 0.6) is 0 Å². The van der Waals surface area contributed by atoms with Gasteiger partial charge in [-0.25, -0.2) is 12.7 Å². The molecule has 1 aliphatic heterocycles. The van der Waals surface area contributed by atoms with E-state index in [1.807, 2.05) is 0 Å². The van der Waals surface area contributed by atoms with Crippen molar-refractivity contribution >= 4 is 27.3 Å². The summed E-state index contributed by atoms with van der Waals surface area (Å²) >= 11 is 0. The number of hydrogen-bond donors (Lipinski definition) is 2. The van der Waals surface area contributed by atoms with Crippen molar-refractivity contribution in [2.45, 2.75) is 32.4 Å². The molecule has 27 heavy (non-hydrogen) atoms. The molecular formula is C17H24F3N3O3S. The Labute approximate surface area is 157 Å². The van der Waals surface area contributed by atoms with Gasteiger partial charge in [-0.05, 0) is 31.4 Å². The molecule has 0 bridgehead atoms. The standard InChI is InChI=1S/C17H24F3N3O3S/c1-2-10-27(25,26)23-9-5-6-13(11-23)16(24)22-15-8-4-3-7-14(15)21-12-17(18,19)20/h3-4,7-8,13,21H,2,5-6,9-12H2,1H3,(H,22,24). The number of sulfonamides is 1. The SMILES string of the molecule is CCCS(=O)(=O)N1CCCC(C(=O)Nc2ccccc2NCC(F)(F)F)C1. The lowest BCUT2D eigenvalue weighted by Crippen LogP contribution is -2.44. The number of piperidine rings is 1. The molecule has 1 atom stereocenters. The molecule has 0 radical (unpaired) electrons. The first-order valence-corrected chi connectivity index (χ1v) is 10.4.